The zero-order chi connectivity index (χ0) is 17.8. The summed E-state index contributed by atoms with van der Waals surface area (Å²) in [6, 6.07) is 0.556. The van der Waals surface area contributed by atoms with Crippen LogP contribution in [0.1, 0.15) is 51.9 Å². The Morgan fingerprint density at radius 2 is 1.44 bits per heavy atom. The molecule has 0 aromatic carbocycles. The molecule has 0 radical (unpaired) electrons. The lowest BCUT2D eigenvalue weighted by Gasteiger charge is -2.42. The van der Waals surface area contributed by atoms with Gasteiger partial charge in [0.25, 0.3) is 0 Å². The number of rotatable bonds is 3. The monoisotopic (exact) mass is 369 g/mol. The lowest BCUT2D eigenvalue weighted by Crippen LogP contribution is -2.51. The number of amides is 2. The van der Waals surface area contributed by atoms with Gasteiger partial charge < -0.3 is 14.7 Å². The molecule has 3 aliphatic rings. The maximum absolute atomic E-state index is 12.7. The Labute approximate surface area is 156 Å². The Balaban J connectivity index is 1.42. The lowest BCUT2D eigenvalue weighted by atomic mass is 9.91. The second-order valence-electron chi connectivity index (χ2n) is 7.87. The Bertz CT molecular complexity index is 463. The van der Waals surface area contributed by atoms with Crippen molar-refractivity contribution < 1.29 is 9.59 Å². The van der Waals surface area contributed by atoms with Gasteiger partial charge in [0.1, 0.15) is 5.38 Å². The van der Waals surface area contributed by atoms with Crippen LogP contribution in [-0.2, 0) is 9.59 Å². The number of likely N-dealkylation sites (tertiary alicyclic amines) is 3. The summed E-state index contributed by atoms with van der Waals surface area (Å²) in [7, 11) is 0. The maximum Gasteiger partial charge on any atom is 0.240 e. The van der Waals surface area contributed by atoms with Crippen LogP contribution in [0.3, 0.4) is 0 Å². The van der Waals surface area contributed by atoms with E-state index in [1.807, 2.05) is 4.90 Å². The number of alkyl halides is 1. The van der Waals surface area contributed by atoms with Crippen molar-refractivity contribution in [2.45, 2.75) is 63.3 Å². The zero-order valence-corrected chi connectivity index (χ0v) is 16.2. The predicted octanol–water partition coefficient (Wildman–Crippen LogP) is 2.33. The van der Waals surface area contributed by atoms with Gasteiger partial charge in [-0.2, -0.15) is 0 Å². The average molecular weight is 370 g/mol. The molecule has 3 fully saturated rings. The first-order chi connectivity index (χ1) is 12.1. The summed E-state index contributed by atoms with van der Waals surface area (Å²) in [5, 5.41) is -0.423. The van der Waals surface area contributed by atoms with Crippen LogP contribution >= 0.6 is 11.6 Å². The summed E-state index contributed by atoms with van der Waals surface area (Å²) in [6.07, 6.45) is 7.65. The Kier molecular flexibility index (Phi) is 6.61. The van der Waals surface area contributed by atoms with Crippen molar-refractivity contribution in [2.75, 3.05) is 39.3 Å². The van der Waals surface area contributed by atoms with E-state index >= 15 is 0 Å². The highest BCUT2D eigenvalue weighted by Gasteiger charge is 2.33. The van der Waals surface area contributed by atoms with Crippen molar-refractivity contribution in [3.8, 4) is 0 Å². The molecule has 0 spiro atoms. The molecule has 0 unspecified atom stereocenters. The topological polar surface area (TPSA) is 43.9 Å². The van der Waals surface area contributed by atoms with Crippen molar-refractivity contribution in [3.63, 3.8) is 0 Å². The first-order valence-corrected chi connectivity index (χ1v) is 10.5. The van der Waals surface area contributed by atoms with Gasteiger partial charge in [-0.25, -0.2) is 0 Å². The Morgan fingerprint density at radius 3 is 2.00 bits per heavy atom. The minimum absolute atomic E-state index is 0.0611. The summed E-state index contributed by atoms with van der Waals surface area (Å²) in [6.45, 7) is 7.35. The molecule has 6 heteroatoms. The normalized spacial score (nSPS) is 25.8. The molecular formula is C19H32ClN3O2. The van der Waals surface area contributed by atoms with E-state index < -0.39 is 5.38 Å². The number of hydrogen-bond acceptors (Lipinski definition) is 3. The molecule has 2 amide bonds. The minimum atomic E-state index is -0.423. The summed E-state index contributed by atoms with van der Waals surface area (Å²) >= 11 is 5.92. The van der Waals surface area contributed by atoms with E-state index in [0.29, 0.717) is 11.9 Å². The third-order valence-electron chi connectivity index (χ3n) is 6.18. The fourth-order valence-electron chi connectivity index (χ4n) is 4.59. The lowest BCUT2D eigenvalue weighted by molar-refractivity contribution is -0.138. The van der Waals surface area contributed by atoms with E-state index in [4.69, 9.17) is 11.6 Å². The van der Waals surface area contributed by atoms with E-state index in [0.717, 1.165) is 65.0 Å². The summed E-state index contributed by atoms with van der Waals surface area (Å²) < 4.78 is 0. The molecule has 142 valence electrons. The molecule has 1 atom stereocenters. The highest BCUT2D eigenvalue weighted by atomic mass is 35.5. The molecule has 3 rings (SSSR count). The van der Waals surface area contributed by atoms with E-state index in [9.17, 15) is 9.59 Å². The SMILES string of the molecule is C[C@@H](Cl)C(=O)N1CCC(N2CCC(C(=O)N3CCCCC3)CC2)CC1. The van der Waals surface area contributed by atoms with Crippen LogP contribution in [0.4, 0.5) is 0 Å². The molecule has 25 heavy (non-hydrogen) atoms. The van der Waals surface area contributed by atoms with E-state index in [2.05, 4.69) is 9.80 Å². The van der Waals surface area contributed by atoms with Crippen molar-refractivity contribution >= 4 is 23.4 Å². The Hall–Kier alpha value is -0.810. The fraction of sp³-hybridized carbons (Fsp3) is 0.895. The van der Waals surface area contributed by atoms with Gasteiger partial charge >= 0.3 is 0 Å². The number of hydrogen-bond donors (Lipinski definition) is 0. The number of piperidine rings is 3. The average Bonchev–Trinajstić information content (AvgIpc) is 2.67. The number of nitrogens with zero attached hydrogens (tertiary/aromatic N) is 3. The van der Waals surface area contributed by atoms with Crippen molar-refractivity contribution in [1.29, 1.82) is 0 Å². The van der Waals surface area contributed by atoms with Gasteiger partial charge in [0.05, 0.1) is 0 Å². The van der Waals surface area contributed by atoms with Gasteiger partial charge in [-0.15, -0.1) is 11.6 Å². The molecule has 0 N–H and O–H groups in total. The summed E-state index contributed by atoms with van der Waals surface area (Å²) in [5.41, 5.74) is 0. The molecule has 5 nitrogen and oxygen atoms in total. The molecule has 0 aromatic heterocycles. The van der Waals surface area contributed by atoms with Crippen LogP contribution < -0.4 is 0 Å². The van der Waals surface area contributed by atoms with E-state index in [1.54, 1.807) is 6.92 Å². The third-order valence-corrected chi connectivity index (χ3v) is 6.37. The smallest absolute Gasteiger partial charge is 0.240 e. The van der Waals surface area contributed by atoms with Crippen molar-refractivity contribution in [2.24, 2.45) is 5.92 Å². The maximum atomic E-state index is 12.7. The molecular weight excluding hydrogens is 338 g/mol. The molecule has 3 saturated heterocycles. The highest BCUT2D eigenvalue weighted by molar-refractivity contribution is 6.30. The van der Waals surface area contributed by atoms with Crippen LogP contribution in [0.2, 0.25) is 0 Å². The first kappa shape index (κ1) is 19.0. The third kappa shape index (κ3) is 4.68. The van der Waals surface area contributed by atoms with Crippen molar-refractivity contribution in [3.05, 3.63) is 0 Å². The largest absolute Gasteiger partial charge is 0.342 e. The van der Waals surface area contributed by atoms with Gasteiger partial charge in [0, 0.05) is 38.1 Å². The van der Waals surface area contributed by atoms with Gasteiger partial charge in [-0.3, -0.25) is 9.59 Å². The zero-order valence-electron chi connectivity index (χ0n) is 15.5. The van der Waals surface area contributed by atoms with Crippen LogP contribution in [0.25, 0.3) is 0 Å². The quantitative estimate of drug-likeness (QED) is 0.717. The van der Waals surface area contributed by atoms with E-state index in [-0.39, 0.29) is 11.8 Å². The fourth-order valence-corrected chi connectivity index (χ4v) is 4.73. The molecule has 3 aliphatic heterocycles. The van der Waals surface area contributed by atoms with Gasteiger partial charge in [-0.05, 0) is 65.0 Å². The van der Waals surface area contributed by atoms with E-state index in [1.165, 1.54) is 19.3 Å². The minimum Gasteiger partial charge on any atom is -0.342 e. The first-order valence-electron chi connectivity index (χ1n) is 10.0. The van der Waals surface area contributed by atoms with Crippen LogP contribution in [0.15, 0.2) is 0 Å². The number of halogens is 1. The van der Waals surface area contributed by atoms with Crippen LogP contribution in [0.5, 0.6) is 0 Å². The second-order valence-corrected chi connectivity index (χ2v) is 8.52. The highest BCUT2D eigenvalue weighted by Crippen LogP contribution is 2.26. The van der Waals surface area contributed by atoms with Gasteiger partial charge in [0.2, 0.25) is 11.8 Å². The summed E-state index contributed by atoms with van der Waals surface area (Å²) in [5.74, 6) is 0.690. The van der Waals surface area contributed by atoms with Crippen LogP contribution in [-0.4, -0.2) is 77.2 Å². The number of carbonyl (C=O) groups excluding carboxylic acids is 2. The van der Waals surface area contributed by atoms with Gasteiger partial charge in [0.15, 0.2) is 0 Å². The molecule has 3 heterocycles. The molecule has 0 bridgehead atoms. The predicted molar refractivity (Wildman–Crippen MR) is 99.6 cm³/mol. The molecule has 0 aliphatic carbocycles. The molecule has 0 saturated carbocycles. The van der Waals surface area contributed by atoms with Crippen molar-refractivity contribution in [1.82, 2.24) is 14.7 Å². The second kappa shape index (κ2) is 8.72. The standard InChI is InChI=1S/C19H32ClN3O2/c1-15(20)18(24)23-13-7-17(8-14-23)21-11-5-16(6-12-21)19(25)22-9-3-2-4-10-22/h15-17H,2-14H2,1H3/t15-/m1/s1. The van der Waals surface area contributed by atoms with Gasteiger partial charge in [-0.1, -0.05) is 0 Å². The number of carbonyl (C=O) groups is 2. The van der Waals surface area contributed by atoms with Crippen LogP contribution in [0, 0.1) is 5.92 Å². The Morgan fingerprint density at radius 1 is 0.840 bits per heavy atom. The molecule has 0 aromatic rings. The summed E-state index contributed by atoms with van der Waals surface area (Å²) in [4.78, 5) is 31.2.